The van der Waals surface area contributed by atoms with Gasteiger partial charge in [-0.3, -0.25) is 0 Å². The summed E-state index contributed by atoms with van der Waals surface area (Å²) in [5, 5.41) is 10.6. The van der Waals surface area contributed by atoms with Crippen molar-refractivity contribution in [1.82, 2.24) is 0 Å². The van der Waals surface area contributed by atoms with Crippen LogP contribution in [-0.2, 0) is 4.74 Å². The van der Waals surface area contributed by atoms with E-state index in [1.807, 2.05) is 31.2 Å². The van der Waals surface area contributed by atoms with E-state index in [0.29, 0.717) is 17.2 Å². The molecule has 0 amide bonds. The molecule has 0 saturated heterocycles. The maximum atomic E-state index is 10.1. The summed E-state index contributed by atoms with van der Waals surface area (Å²) in [7, 11) is 1.57. The number of phenolic OH excluding ortho intramolecular Hbond substituents is 1. The third-order valence-electron chi connectivity index (χ3n) is 3.15. The number of anilines is 1. The second-order valence-corrected chi connectivity index (χ2v) is 4.99. The number of aromatic hydroxyl groups is 1. The van der Waals surface area contributed by atoms with Gasteiger partial charge in [-0.1, -0.05) is 23.7 Å². The van der Waals surface area contributed by atoms with Gasteiger partial charge >= 0.3 is 0 Å². The van der Waals surface area contributed by atoms with Crippen LogP contribution in [0.5, 0.6) is 11.5 Å². The van der Waals surface area contributed by atoms with Crippen molar-refractivity contribution in [1.29, 1.82) is 0 Å². The first kappa shape index (κ1) is 15.5. The number of hydrogen-bond acceptors (Lipinski definition) is 4. The van der Waals surface area contributed by atoms with Gasteiger partial charge in [-0.05, 0) is 36.8 Å². The Kier molecular flexibility index (Phi) is 4.94. The Hall–Kier alpha value is -1.91. The first-order valence-corrected chi connectivity index (χ1v) is 6.98. The number of phenols is 1. The van der Waals surface area contributed by atoms with Crippen LogP contribution in [0.15, 0.2) is 36.4 Å². The summed E-state index contributed by atoms with van der Waals surface area (Å²) in [6, 6.07) is 10.6. The molecule has 0 aliphatic heterocycles. The van der Waals surface area contributed by atoms with E-state index < -0.39 is 6.10 Å². The van der Waals surface area contributed by atoms with E-state index in [1.54, 1.807) is 13.2 Å². The standard InChI is InChI=1S/C16H18ClNO3/c1-3-21-12-6-4-10(5-7-12)16(20-2)13-8-11(17)9-14(18)15(13)19/h4-9,16,19H,3,18H2,1-2H3. The van der Waals surface area contributed by atoms with Gasteiger partial charge in [-0.2, -0.15) is 0 Å². The van der Waals surface area contributed by atoms with E-state index in [1.165, 1.54) is 6.07 Å². The smallest absolute Gasteiger partial charge is 0.144 e. The summed E-state index contributed by atoms with van der Waals surface area (Å²) in [4.78, 5) is 0. The number of nitrogen functional groups attached to an aromatic ring is 1. The Morgan fingerprint density at radius 3 is 2.48 bits per heavy atom. The molecule has 21 heavy (non-hydrogen) atoms. The van der Waals surface area contributed by atoms with Crippen LogP contribution >= 0.6 is 11.6 Å². The Labute approximate surface area is 129 Å². The molecule has 2 aromatic carbocycles. The van der Waals surface area contributed by atoms with Crippen LogP contribution < -0.4 is 10.5 Å². The fraction of sp³-hybridized carbons (Fsp3) is 0.250. The molecule has 1 atom stereocenters. The Bertz CT molecular complexity index is 614. The van der Waals surface area contributed by atoms with E-state index >= 15 is 0 Å². The summed E-state index contributed by atoms with van der Waals surface area (Å²) >= 11 is 6.01. The number of benzene rings is 2. The third-order valence-corrected chi connectivity index (χ3v) is 3.36. The van der Waals surface area contributed by atoms with Crippen LogP contribution in [0.1, 0.15) is 24.2 Å². The minimum atomic E-state index is -0.457. The molecule has 0 saturated carbocycles. The van der Waals surface area contributed by atoms with Gasteiger partial charge in [0.05, 0.1) is 12.3 Å². The summed E-state index contributed by atoms with van der Waals surface area (Å²) in [6.45, 7) is 2.54. The van der Waals surface area contributed by atoms with Crippen LogP contribution in [0.2, 0.25) is 5.02 Å². The van der Waals surface area contributed by atoms with Crippen LogP contribution in [0.25, 0.3) is 0 Å². The lowest BCUT2D eigenvalue weighted by Crippen LogP contribution is -2.05. The molecule has 4 nitrogen and oxygen atoms in total. The number of rotatable bonds is 5. The molecule has 5 heteroatoms. The number of halogens is 1. The van der Waals surface area contributed by atoms with E-state index in [9.17, 15) is 5.11 Å². The summed E-state index contributed by atoms with van der Waals surface area (Å²) in [5.74, 6) is 0.770. The highest BCUT2D eigenvalue weighted by molar-refractivity contribution is 6.31. The predicted octanol–water partition coefficient (Wildman–Crippen LogP) is 3.76. The Morgan fingerprint density at radius 2 is 1.90 bits per heavy atom. The van der Waals surface area contributed by atoms with Crippen molar-refractivity contribution >= 4 is 17.3 Å². The van der Waals surface area contributed by atoms with Crippen molar-refractivity contribution in [3.8, 4) is 11.5 Å². The molecule has 0 aromatic heterocycles. The molecule has 0 fully saturated rings. The zero-order chi connectivity index (χ0) is 15.4. The first-order chi connectivity index (χ1) is 10.1. The van der Waals surface area contributed by atoms with Gasteiger partial charge in [0.15, 0.2) is 0 Å². The quantitative estimate of drug-likeness (QED) is 0.652. The van der Waals surface area contributed by atoms with Crippen molar-refractivity contribution < 1.29 is 14.6 Å². The van der Waals surface area contributed by atoms with E-state index in [-0.39, 0.29) is 11.4 Å². The predicted molar refractivity (Wildman–Crippen MR) is 84.0 cm³/mol. The van der Waals surface area contributed by atoms with E-state index in [4.69, 9.17) is 26.8 Å². The Morgan fingerprint density at radius 1 is 1.24 bits per heavy atom. The fourth-order valence-corrected chi connectivity index (χ4v) is 2.43. The number of nitrogens with two attached hydrogens (primary N) is 1. The average Bonchev–Trinajstić information content (AvgIpc) is 2.47. The minimum absolute atomic E-state index is 0.0138. The lowest BCUT2D eigenvalue weighted by Gasteiger charge is -2.19. The second-order valence-electron chi connectivity index (χ2n) is 4.55. The van der Waals surface area contributed by atoms with Gasteiger partial charge < -0.3 is 20.3 Å². The highest BCUT2D eigenvalue weighted by Gasteiger charge is 2.19. The van der Waals surface area contributed by atoms with Crippen LogP contribution in [0.3, 0.4) is 0 Å². The number of ether oxygens (including phenoxy) is 2. The highest BCUT2D eigenvalue weighted by Crippen LogP contribution is 2.38. The summed E-state index contributed by atoms with van der Waals surface area (Å²) in [5.41, 5.74) is 7.38. The molecule has 1 unspecified atom stereocenters. The number of methoxy groups -OCH3 is 1. The van der Waals surface area contributed by atoms with Crippen molar-refractivity contribution in [2.75, 3.05) is 19.5 Å². The zero-order valence-corrected chi connectivity index (χ0v) is 12.7. The van der Waals surface area contributed by atoms with Gasteiger partial charge in [-0.25, -0.2) is 0 Å². The molecule has 2 rings (SSSR count). The molecule has 0 aliphatic rings. The molecule has 3 N–H and O–H groups in total. The third kappa shape index (κ3) is 3.40. The Balaban J connectivity index is 2.39. The van der Waals surface area contributed by atoms with Gasteiger partial charge in [0.1, 0.15) is 17.6 Å². The summed E-state index contributed by atoms with van der Waals surface area (Å²) < 4.78 is 10.9. The minimum Gasteiger partial charge on any atom is -0.505 e. The maximum absolute atomic E-state index is 10.1. The summed E-state index contributed by atoms with van der Waals surface area (Å²) in [6.07, 6.45) is -0.457. The van der Waals surface area contributed by atoms with Gasteiger partial charge in [0, 0.05) is 17.7 Å². The SMILES string of the molecule is CCOc1ccc(C(OC)c2cc(Cl)cc(N)c2O)cc1. The molecular weight excluding hydrogens is 290 g/mol. The molecular formula is C16H18ClNO3. The fourth-order valence-electron chi connectivity index (χ4n) is 2.19. The van der Waals surface area contributed by atoms with Crippen molar-refractivity contribution in [3.63, 3.8) is 0 Å². The van der Waals surface area contributed by atoms with Crippen molar-refractivity contribution in [3.05, 3.63) is 52.5 Å². The van der Waals surface area contributed by atoms with Crippen LogP contribution in [0, 0.1) is 0 Å². The topological polar surface area (TPSA) is 64.7 Å². The van der Waals surface area contributed by atoms with Crippen LogP contribution in [0.4, 0.5) is 5.69 Å². The van der Waals surface area contributed by atoms with E-state index in [2.05, 4.69) is 0 Å². The van der Waals surface area contributed by atoms with Crippen molar-refractivity contribution in [2.24, 2.45) is 0 Å². The molecule has 112 valence electrons. The molecule has 0 aliphatic carbocycles. The number of hydrogen-bond donors (Lipinski definition) is 2. The monoisotopic (exact) mass is 307 g/mol. The molecule has 0 bridgehead atoms. The normalized spacial score (nSPS) is 12.1. The van der Waals surface area contributed by atoms with E-state index in [0.717, 1.165) is 11.3 Å². The average molecular weight is 308 g/mol. The second kappa shape index (κ2) is 6.70. The van der Waals surface area contributed by atoms with Gasteiger partial charge in [0.25, 0.3) is 0 Å². The van der Waals surface area contributed by atoms with Gasteiger partial charge in [0.2, 0.25) is 0 Å². The molecule has 0 radical (unpaired) electrons. The van der Waals surface area contributed by atoms with Gasteiger partial charge in [-0.15, -0.1) is 0 Å². The maximum Gasteiger partial charge on any atom is 0.144 e. The first-order valence-electron chi connectivity index (χ1n) is 6.60. The molecule has 0 heterocycles. The lowest BCUT2D eigenvalue weighted by molar-refractivity contribution is 0.134. The van der Waals surface area contributed by atoms with Crippen LogP contribution in [-0.4, -0.2) is 18.8 Å². The molecule has 0 spiro atoms. The largest absolute Gasteiger partial charge is 0.505 e. The lowest BCUT2D eigenvalue weighted by atomic mass is 9.99. The van der Waals surface area contributed by atoms with Crippen molar-refractivity contribution in [2.45, 2.75) is 13.0 Å². The highest BCUT2D eigenvalue weighted by atomic mass is 35.5. The zero-order valence-electron chi connectivity index (χ0n) is 12.0. The molecule has 2 aromatic rings.